The number of thiazole rings is 1. The average Bonchev–Trinajstić information content (AvgIpc) is 2.86. The van der Waals surface area contributed by atoms with Crippen LogP contribution in [0.25, 0.3) is 10.2 Å². The first-order valence-corrected chi connectivity index (χ1v) is 8.52. The minimum atomic E-state index is -0.0998. The molecule has 0 aliphatic rings. The van der Waals surface area contributed by atoms with Crippen molar-refractivity contribution in [2.75, 3.05) is 11.6 Å². The van der Waals surface area contributed by atoms with Gasteiger partial charge in [0.25, 0.3) is 5.91 Å². The van der Waals surface area contributed by atoms with E-state index in [1.54, 1.807) is 23.1 Å². The Bertz CT molecular complexity index is 811. The SMILES string of the molecule is CSc1cccc(C(=O)Nc2ccc3sc(C)nc3c2)c1. The third-order valence-electron chi connectivity index (χ3n) is 3.08. The number of hydrogen-bond acceptors (Lipinski definition) is 4. The number of carbonyl (C=O) groups excluding carboxylic acids is 1. The van der Waals surface area contributed by atoms with Crippen LogP contribution >= 0.6 is 23.1 Å². The summed E-state index contributed by atoms with van der Waals surface area (Å²) in [7, 11) is 0. The second-order valence-electron chi connectivity index (χ2n) is 4.60. The van der Waals surface area contributed by atoms with Crippen molar-refractivity contribution in [3.05, 3.63) is 53.0 Å². The molecule has 0 aliphatic heterocycles. The van der Waals surface area contributed by atoms with Crippen LogP contribution in [-0.2, 0) is 0 Å². The van der Waals surface area contributed by atoms with Crippen LogP contribution in [0.3, 0.4) is 0 Å². The molecule has 1 N–H and O–H groups in total. The largest absolute Gasteiger partial charge is 0.322 e. The van der Waals surface area contributed by atoms with Gasteiger partial charge in [-0.2, -0.15) is 0 Å². The fourth-order valence-electron chi connectivity index (χ4n) is 2.09. The van der Waals surface area contributed by atoms with Gasteiger partial charge >= 0.3 is 0 Å². The maximum atomic E-state index is 12.3. The lowest BCUT2D eigenvalue weighted by Crippen LogP contribution is -2.11. The molecule has 0 unspecified atom stereocenters. The first kappa shape index (κ1) is 14.1. The summed E-state index contributed by atoms with van der Waals surface area (Å²) in [6.07, 6.45) is 2.00. The number of aryl methyl sites for hydroxylation is 1. The molecule has 0 radical (unpaired) electrons. The summed E-state index contributed by atoms with van der Waals surface area (Å²) in [5.74, 6) is -0.0998. The van der Waals surface area contributed by atoms with Crippen molar-refractivity contribution in [2.24, 2.45) is 0 Å². The zero-order valence-corrected chi connectivity index (χ0v) is 13.3. The molecule has 3 aromatic rings. The van der Waals surface area contributed by atoms with Crippen LogP contribution in [0.15, 0.2) is 47.4 Å². The molecule has 5 heteroatoms. The number of hydrogen-bond donors (Lipinski definition) is 1. The Morgan fingerprint density at radius 3 is 2.90 bits per heavy atom. The molecular weight excluding hydrogens is 300 g/mol. The molecule has 0 fully saturated rings. The Morgan fingerprint density at radius 2 is 2.10 bits per heavy atom. The standard InChI is InChI=1S/C16H14N2OS2/c1-10-17-14-9-12(6-7-15(14)21-10)18-16(19)11-4-3-5-13(8-11)20-2/h3-9H,1-2H3,(H,18,19). The van der Waals surface area contributed by atoms with Crippen molar-refractivity contribution in [3.63, 3.8) is 0 Å². The summed E-state index contributed by atoms with van der Waals surface area (Å²) in [5.41, 5.74) is 2.36. The molecule has 1 heterocycles. The van der Waals surface area contributed by atoms with Gasteiger partial charge in [-0.15, -0.1) is 23.1 Å². The number of fused-ring (bicyclic) bond motifs is 1. The number of nitrogens with zero attached hydrogens (tertiary/aromatic N) is 1. The molecule has 3 rings (SSSR count). The molecule has 3 nitrogen and oxygen atoms in total. The number of thioether (sulfide) groups is 1. The lowest BCUT2D eigenvalue weighted by Gasteiger charge is -2.06. The van der Waals surface area contributed by atoms with Gasteiger partial charge in [-0.25, -0.2) is 4.98 Å². The summed E-state index contributed by atoms with van der Waals surface area (Å²) in [6, 6.07) is 13.4. The second kappa shape index (κ2) is 5.87. The summed E-state index contributed by atoms with van der Waals surface area (Å²) in [5, 5.41) is 3.96. The molecular formula is C16H14N2OS2. The summed E-state index contributed by atoms with van der Waals surface area (Å²) in [6.45, 7) is 1.98. The molecule has 0 aliphatic carbocycles. The highest BCUT2D eigenvalue weighted by atomic mass is 32.2. The average molecular weight is 314 g/mol. The van der Waals surface area contributed by atoms with Crippen molar-refractivity contribution in [1.29, 1.82) is 0 Å². The van der Waals surface area contributed by atoms with E-state index in [0.29, 0.717) is 5.56 Å². The van der Waals surface area contributed by atoms with Crippen molar-refractivity contribution < 1.29 is 4.79 Å². The maximum absolute atomic E-state index is 12.3. The number of anilines is 1. The number of carbonyl (C=O) groups is 1. The van der Waals surface area contributed by atoms with Crippen LogP contribution in [0.2, 0.25) is 0 Å². The quantitative estimate of drug-likeness (QED) is 0.720. The van der Waals surface area contributed by atoms with Crippen molar-refractivity contribution in [2.45, 2.75) is 11.8 Å². The van der Waals surface area contributed by atoms with E-state index in [2.05, 4.69) is 10.3 Å². The second-order valence-corrected chi connectivity index (χ2v) is 6.72. The van der Waals surface area contributed by atoms with Gasteiger partial charge in [0.1, 0.15) is 0 Å². The minimum absolute atomic E-state index is 0.0998. The van der Waals surface area contributed by atoms with Gasteiger partial charge in [0.05, 0.1) is 15.2 Å². The van der Waals surface area contributed by atoms with E-state index in [1.165, 1.54) is 0 Å². The Kier molecular flexibility index (Phi) is 3.94. The normalized spacial score (nSPS) is 10.8. The van der Waals surface area contributed by atoms with E-state index in [-0.39, 0.29) is 5.91 Å². The van der Waals surface area contributed by atoms with Crippen LogP contribution in [0.5, 0.6) is 0 Å². The van der Waals surface area contributed by atoms with Crippen LogP contribution in [0.4, 0.5) is 5.69 Å². The fraction of sp³-hybridized carbons (Fsp3) is 0.125. The molecule has 1 aromatic heterocycles. The minimum Gasteiger partial charge on any atom is -0.322 e. The topological polar surface area (TPSA) is 42.0 Å². The van der Waals surface area contributed by atoms with Crippen LogP contribution < -0.4 is 5.32 Å². The zero-order valence-electron chi connectivity index (χ0n) is 11.7. The van der Waals surface area contributed by atoms with E-state index in [4.69, 9.17) is 0 Å². The maximum Gasteiger partial charge on any atom is 0.255 e. The summed E-state index contributed by atoms with van der Waals surface area (Å²) < 4.78 is 1.13. The predicted octanol–water partition coefficient (Wildman–Crippen LogP) is 4.58. The van der Waals surface area contributed by atoms with Gasteiger partial charge in [-0.3, -0.25) is 4.79 Å². The van der Waals surface area contributed by atoms with Crippen LogP contribution in [0, 0.1) is 6.92 Å². The highest BCUT2D eigenvalue weighted by molar-refractivity contribution is 7.98. The number of rotatable bonds is 3. The monoisotopic (exact) mass is 314 g/mol. The van der Waals surface area contributed by atoms with E-state index in [0.717, 1.165) is 25.8 Å². The Labute approximate surface area is 131 Å². The van der Waals surface area contributed by atoms with Crippen LogP contribution in [0.1, 0.15) is 15.4 Å². The summed E-state index contributed by atoms with van der Waals surface area (Å²) >= 11 is 3.28. The molecule has 2 aromatic carbocycles. The van der Waals surface area contributed by atoms with Crippen molar-refractivity contribution >= 4 is 44.9 Å². The third kappa shape index (κ3) is 3.09. The molecule has 21 heavy (non-hydrogen) atoms. The molecule has 0 saturated heterocycles. The van der Waals surface area contributed by atoms with Gasteiger partial charge in [0.2, 0.25) is 0 Å². The van der Waals surface area contributed by atoms with Gasteiger partial charge in [-0.1, -0.05) is 6.07 Å². The highest BCUT2D eigenvalue weighted by Crippen LogP contribution is 2.25. The lowest BCUT2D eigenvalue weighted by atomic mass is 10.2. The highest BCUT2D eigenvalue weighted by Gasteiger charge is 2.08. The Morgan fingerprint density at radius 1 is 1.24 bits per heavy atom. The predicted molar refractivity (Wildman–Crippen MR) is 90.5 cm³/mol. The van der Waals surface area contributed by atoms with E-state index in [9.17, 15) is 4.79 Å². The third-order valence-corrected chi connectivity index (χ3v) is 4.76. The molecule has 0 spiro atoms. The zero-order chi connectivity index (χ0) is 14.8. The van der Waals surface area contributed by atoms with E-state index >= 15 is 0 Å². The smallest absolute Gasteiger partial charge is 0.255 e. The molecule has 0 saturated carbocycles. The Hall–Kier alpha value is -1.85. The number of benzene rings is 2. The van der Waals surface area contributed by atoms with E-state index in [1.807, 2.05) is 55.6 Å². The molecule has 0 atom stereocenters. The Balaban J connectivity index is 1.84. The number of amides is 1. The van der Waals surface area contributed by atoms with Crippen molar-refractivity contribution in [1.82, 2.24) is 4.98 Å². The lowest BCUT2D eigenvalue weighted by molar-refractivity contribution is 0.102. The number of aromatic nitrogens is 1. The van der Waals surface area contributed by atoms with Gasteiger partial charge in [0, 0.05) is 16.1 Å². The molecule has 0 bridgehead atoms. The van der Waals surface area contributed by atoms with Gasteiger partial charge in [-0.05, 0) is 49.6 Å². The van der Waals surface area contributed by atoms with Gasteiger partial charge in [0.15, 0.2) is 0 Å². The fourth-order valence-corrected chi connectivity index (χ4v) is 3.35. The number of nitrogens with one attached hydrogen (secondary N) is 1. The van der Waals surface area contributed by atoms with Crippen molar-refractivity contribution in [3.8, 4) is 0 Å². The summed E-state index contributed by atoms with van der Waals surface area (Å²) in [4.78, 5) is 17.8. The first-order valence-electron chi connectivity index (χ1n) is 6.48. The van der Waals surface area contributed by atoms with E-state index < -0.39 is 0 Å². The molecule has 106 valence electrons. The van der Waals surface area contributed by atoms with Crippen LogP contribution in [-0.4, -0.2) is 17.1 Å². The first-order chi connectivity index (χ1) is 10.2. The van der Waals surface area contributed by atoms with Gasteiger partial charge < -0.3 is 5.32 Å². The molecule has 1 amide bonds.